The van der Waals surface area contributed by atoms with Crippen LogP contribution in [0.25, 0.3) is 0 Å². The molecule has 1 saturated heterocycles. The van der Waals surface area contributed by atoms with Crippen LogP contribution in [0.4, 0.5) is 0 Å². The smallest absolute Gasteiger partial charge is 0.308 e. The van der Waals surface area contributed by atoms with Gasteiger partial charge in [-0.15, -0.1) is 11.8 Å². The van der Waals surface area contributed by atoms with Crippen LogP contribution >= 0.6 is 11.8 Å². The van der Waals surface area contributed by atoms with Crippen molar-refractivity contribution < 1.29 is 23.1 Å². The Balaban J connectivity index is 1.73. The van der Waals surface area contributed by atoms with Gasteiger partial charge in [-0.05, 0) is 62.2 Å². The van der Waals surface area contributed by atoms with E-state index in [0.717, 1.165) is 27.3 Å². The summed E-state index contributed by atoms with van der Waals surface area (Å²) < 4.78 is 34.1. The number of carbonyl (C=O) groups is 1. The molecule has 8 heteroatoms. The summed E-state index contributed by atoms with van der Waals surface area (Å²) in [5.41, 5.74) is 2.89. The van der Waals surface area contributed by atoms with Crippen molar-refractivity contribution in [3.05, 3.63) is 89.5 Å². The van der Waals surface area contributed by atoms with E-state index in [1.165, 1.54) is 16.1 Å². The van der Waals surface area contributed by atoms with Crippen molar-refractivity contribution >= 4 is 27.8 Å². The van der Waals surface area contributed by atoms with Crippen molar-refractivity contribution in [2.45, 2.75) is 41.4 Å². The number of hydrogen-bond donors (Lipinski definition) is 1. The molecule has 1 aliphatic heterocycles. The molecule has 184 valence electrons. The minimum absolute atomic E-state index is 0.0993. The fourth-order valence-corrected chi connectivity index (χ4v) is 7.28. The summed E-state index contributed by atoms with van der Waals surface area (Å²) in [6, 6.07) is 21.5. The Bertz CT molecular complexity index is 1270. The number of sulfonamides is 1. The van der Waals surface area contributed by atoms with Crippen LogP contribution in [0.1, 0.15) is 29.2 Å². The number of thioether (sulfide) groups is 1. The average Bonchev–Trinajstić information content (AvgIpc) is 2.85. The van der Waals surface area contributed by atoms with E-state index in [1.54, 1.807) is 31.4 Å². The molecule has 1 aliphatic rings. The fourth-order valence-electron chi connectivity index (χ4n) is 4.34. The number of aliphatic carboxylic acids is 1. The Kier molecular flexibility index (Phi) is 7.54. The highest BCUT2D eigenvalue weighted by Gasteiger charge is 2.45. The summed E-state index contributed by atoms with van der Waals surface area (Å²) in [4.78, 5) is 13.4. The molecular formula is C27H29NO5S2. The van der Waals surface area contributed by atoms with E-state index >= 15 is 0 Å². The van der Waals surface area contributed by atoms with Crippen molar-refractivity contribution in [3.63, 3.8) is 0 Å². The van der Waals surface area contributed by atoms with Crippen molar-refractivity contribution in [2.24, 2.45) is 5.92 Å². The number of hydrogen-bond acceptors (Lipinski definition) is 5. The molecule has 3 aromatic rings. The Morgan fingerprint density at radius 1 is 0.943 bits per heavy atom. The second kappa shape index (κ2) is 10.4. The van der Waals surface area contributed by atoms with E-state index in [4.69, 9.17) is 4.74 Å². The van der Waals surface area contributed by atoms with Crippen LogP contribution in [0.3, 0.4) is 0 Å². The first-order valence-corrected chi connectivity index (χ1v) is 13.7. The summed E-state index contributed by atoms with van der Waals surface area (Å²) in [6.07, 6.45) is 0.377. The normalized spacial score (nSPS) is 20.9. The molecule has 1 fully saturated rings. The highest BCUT2D eigenvalue weighted by molar-refractivity contribution is 8.00. The van der Waals surface area contributed by atoms with Gasteiger partial charge in [-0.25, -0.2) is 8.42 Å². The van der Waals surface area contributed by atoms with Gasteiger partial charge in [0.15, 0.2) is 0 Å². The molecular weight excluding hydrogens is 482 g/mol. The maximum absolute atomic E-state index is 13.8. The Morgan fingerprint density at radius 3 is 2.06 bits per heavy atom. The van der Waals surface area contributed by atoms with E-state index in [2.05, 4.69) is 0 Å². The predicted octanol–water partition coefficient (Wildman–Crippen LogP) is 5.31. The van der Waals surface area contributed by atoms with Crippen LogP contribution in [0.15, 0.2) is 82.6 Å². The van der Waals surface area contributed by atoms with E-state index in [9.17, 15) is 18.3 Å². The van der Waals surface area contributed by atoms with Gasteiger partial charge in [0.1, 0.15) is 5.75 Å². The van der Waals surface area contributed by atoms with Gasteiger partial charge in [-0.3, -0.25) is 4.79 Å². The van der Waals surface area contributed by atoms with Crippen LogP contribution in [-0.2, 0) is 14.8 Å². The van der Waals surface area contributed by atoms with E-state index in [0.29, 0.717) is 6.42 Å². The van der Waals surface area contributed by atoms with Gasteiger partial charge in [0.25, 0.3) is 0 Å². The third kappa shape index (κ3) is 5.55. The lowest BCUT2D eigenvalue weighted by atomic mass is 9.90. The molecule has 1 heterocycles. The third-order valence-electron chi connectivity index (χ3n) is 6.38. The molecule has 0 amide bonds. The average molecular weight is 512 g/mol. The number of aryl methyl sites for hydroxylation is 2. The standard InChI is InChI=1S/C27H29NO5S2/c1-18-4-8-20(9-5-18)25-16-26(34-22-12-10-21(33-3)11-13-22)24(27(29)30)17-28(25)35(31,32)23-14-6-19(2)7-15-23/h4-15,24-26H,16-17H2,1-3H3,(H,29,30)/t24-,25+,26-/m1/s1. The monoisotopic (exact) mass is 511 g/mol. The highest BCUT2D eigenvalue weighted by Crippen LogP contribution is 2.44. The first kappa shape index (κ1) is 25.3. The fraction of sp³-hybridized carbons (Fsp3) is 0.296. The molecule has 0 radical (unpaired) electrons. The number of piperidine rings is 1. The molecule has 0 aromatic heterocycles. The number of rotatable bonds is 7. The summed E-state index contributed by atoms with van der Waals surface area (Å²) in [6.45, 7) is 3.78. The summed E-state index contributed by atoms with van der Waals surface area (Å²) >= 11 is 1.47. The van der Waals surface area contributed by atoms with E-state index < -0.39 is 28.0 Å². The summed E-state index contributed by atoms with van der Waals surface area (Å²) in [5.74, 6) is -1.13. The van der Waals surface area contributed by atoms with Crippen molar-refractivity contribution in [1.29, 1.82) is 0 Å². The lowest BCUT2D eigenvalue weighted by molar-refractivity contribution is -0.143. The van der Waals surface area contributed by atoms with Crippen LogP contribution in [-0.4, -0.2) is 42.7 Å². The lowest BCUT2D eigenvalue weighted by Crippen LogP contribution is -2.49. The number of carboxylic acid groups (broad SMARTS) is 1. The SMILES string of the molecule is COc1ccc(S[C@@H]2C[C@@H](c3ccc(C)cc3)N(S(=O)(=O)c3ccc(C)cc3)C[C@H]2C(=O)O)cc1. The number of methoxy groups -OCH3 is 1. The van der Waals surface area contributed by atoms with Crippen molar-refractivity contribution in [1.82, 2.24) is 4.31 Å². The molecule has 4 rings (SSSR count). The Labute approximate surface area is 211 Å². The zero-order valence-corrected chi connectivity index (χ0v) is 21.6. The number of ether oxygens (including phenoxy) is 1. The van der Waals surface area contributed by atoms with Crippen molar-refractivity contribution in [2.75, 3.05) is 13.7 Å². The molecule has 0 spiro atoms. The number of benzene rings is 3. The van der Waals surface area contributed by atoms with Gasteiger partial charge in [-0.2, -0.15) is 4.31 Å². The zero-order valence-electron chi connectivity index (χ0n) is 19.9. The number of nitrogens with zero attached hydrogens (tertiary/aromatic N) is 1. The maximum atomic E-state index is 13.8. The van der Waals surface area contributed by atoms with Gasteiger partial charge in [0.05, 0.1) is 24.0 Å². The van der Waals surface area contributed by atoms with Crippen LogP contribution < -0.4 is 4.74 Å². The largest absolute Gasteiger partial charge is 0.497 e. The van der Waals surface area contributed by atoms with Gasteiger partial charge < -0.3 is 9.84 Å². The van der Waals surface area contributed by atoms with Gasteiger partial charge in [-0.1, -0.05) is 47.5 Å². The first-order chi connectivity index (χ1) is 16.7. The third-order valence-corrected chi connectivity index (χ3v) is 9.64. The Morgan fingerprint density at radius 2 is 1.51 bits per heavy atom. The molecule has 1 N–H and O–H groups in total. The van der Waals surface area contributed by atoms with Gasteiger partial charge >= 0.3 is 5.97 Å². The summed E-state index contributed by atoms with van der Waals surface area (Å²) in [7, 11) is -2.32. The topological polar surface area (TPSA) is 83.9 Å². The maximum Gasteiger partial charge on any atom is 0.308 e. The molecule has 0 unspecified atom stereocenters. The predicted molar refractivity (Wildman–Crippen MR) is 137 cm³/mol. The van der Waals surface area contributed by atoms with Crippen LogP contribution in [0.5, 0.6) is 5.75 Å². The molecule has 3 aromatic carbocycles. The molecule has 0 aliphatic carbocycles. The minimum Gasteiger partial charge on any atom is -0.497 e. The molecule has 6 nitrogen and oxygen atoms in total. The molecule has 35 heavy (non-hydrogen) atoms. The molecule has 0 bridgehead atoms. The summed E-state index contributed by atoms with van der Waals surface area (Å²) in [5, 5.41) is 9.79. The van der Waals surface area contributed by atoms with Gasteiger partial charge in [0.2, 0.25) is 10.0 Å². The van der Waals surface area contributed by atoms with Crippen LogP contribution in [0, 0.1) is 19.8 Å². The quantitative estimate of drug-likeness (QED) is 0.463. The highest BCUT2D eigenvalue weighted by atomic mass is 32.2. The molecule has 0 saturated carbocycles. The first-order valence-electron chi connectivity index (χ1n) is 11.4. The van der Waals surface area contributed by atoms with E-state index in [-0.39, 0.29) is 16.7 Å². The molecule has 3 atom stereocenters. The lowest BCUT2D eigenvalue weighted by Gasteiger charge is -2.41. The minimum atomic E-state index is -3.91. The van der Waals surface area contributed by atoms with Crippen LogP contribution in [0.2, 0.25) is 0 Å². The van der Waals surface area contributed by atoms with E-state index in [1.807, 2.05) is 62.4 Å². The number of carboxylic acids is 1. The van der Waals surface area contributed by atoms with Gasteiger partial charge in [0, 0.05) is 16.7 Å². The van der Waals surface area contributed by atoms with Crippen molar-refractivity contribution in [3.8, 4) is 5.75 Å². The second-order valence-electron chi connectivity index (χ2n) is 8.83. The Hall–Kier alpha value is -2.81. The zero-order chi connectivity index (χ0) is 25.2. The second-order valence-corrected chi connectivity index (χ2v) is 12.0.